The molecule has 4 N–H and O–H groups in total. The molecule has 2 aromatic carbocycles. The van der Waals surface area contributed by atoms with E-state index >= 15 is 0 Å². The smallest absolute Gasteiger partial charge is 0.341 e. The number of anilines is 1. The molecule has 0 aliphatic heterocycles. The van der Waals surface area contributed by atoms with Gasteiger partial charge in [-0.1, -0.05) is 13.0 Å². The van der Waals surface area contributed by atoms with Crippen LogP contribution < -0.4 is 15.2 Å². The van der Waals surface area contributed by atoms with Gasteiger partial charge in [-0.2, -0.15) is 0 Å². The quantitative estimate of drug-likeness (QED) is 0.556. The Balaban J connectivity index is 2.56. The van der Waals surface area contributed by atoms with Crippen LogP contribution in [0.2, 0.25) is 0 Å². The number of carboxylic acid groups (broad SMARTS) is 1. The average Bonchev–Trinajstić information content (AvgIpc) is 2.58. The summed E-state index contributed by atoms with van der Waals surface area (Å²) >= 11 is 3.00. The first-order chi connectivity index (χ1) is 12.7. The summed E-state index contributed by atoms with van der Waals surface area (Å²) in [5.74, 6) is -1.90. The number of nitrogens with one attached hydrogen (secondary N) is 1. The molecule has 2 rings (SSSR count). The summed E-state index contributed by atoms with van der Waals surface area (Å²) in [6, 6.07) is 6.01. The lowest BCUT2D eigenvalue weighted by Gasteiger charge is -2.17. The number of sulfonamides is 1. The van der Waals surface area contributed by atoms with Crippen LogP contribution in [-0.4, -0.2) is 32.6 Å². The van der Waals surface area contributed by atoms with Crippen LogP contribution >= 0.6 is 15.9 Å². The number of halogens is 2. The lowest BCUT2D eigenvalue weighted by Crippen LogP contribution is -2.19. The molecule has 0 saturated carbocycles. The molecule has 7 nitrogen and oxygen atoms in total. The molecule has 2 aromatic rings. The van der Waals surface area contributed by atoms with E-state index in [1.54, 1.807) is 6.07 Å². The second-order valence-electron chi connectivity index (χ2n) is 5.45. The Kier molecular flexibility index (Phi) is 6.79. The van der Waals surface area contributed by atoms with E-state index in [-0.39, 0.29) is 39.5 Å². The molecule has 0 spiro atoms. The van der Waals surface area contributed by atoms with Crippen LogP contribution in [0.15, 0.2) is 39.7 Å². The van der Waals surface area contributed by atoms with Crippen molar-refractivity contribution >= 4 is 37.6 Å². The van der Waals surface area contributed by atoms with Gasteiger partial charge < -0.3 is 15.6 Å². The molecule has 0 radical (unpaired) electrons. The van der Waals surface area contributed by atoms with Gasteiger partial charge in [-0.15, -0.1) is 0 Å². The second-order valence-corrected chi connectivity index (χ2v) is 7.96. The minimum atomic E-state index is -4.18. The summed E-state index contributed by atoms with van der Waals surface area (Å²) in [4.78, 5) is 11.6. The topological polar surface area (TPSA) is 119 Å². The van der Waals surface area contributed by atoms with Gasteiger partial charge in [-0.3, -0.25) is 4.72 Å². The number of nitrogens with two attached hydrogens (primary N) is 1. The van der Waals surface area contributed by atoms with Crippen LogP contribution in [0.4, 0.5) is 10.1 Å². The first-order valence-electron chi connectivity index (χ1n) is 7.91. The molecule has 27 heavy (non-hydrogen) atoms. The fraction of sp³-hybridized carbons (Fsp3) is 0.235. The van der Waals surface area contributed by atoms with Crippen LogP contribution in [-0.2, 0) is 16.4 Å². The maximum absolute atomic E-state index is 13.2. The van der Waals surface area contributed by atoms with Gasteiger partial charge in [0.15, 0.2) is 0 Å². The summed E-state index contributed by atoms with van der Waals surface area (Å²) in [7, 11) is -4.18. The average molecular weight is 461 g/mol. The van der Waals surface area contributed by atoms with Crippen LogP contribution in [0, 0.1) is 5.82 Å². The van der Waals surface area contributed by atoms with Crippen molar-refractivity contribution in [2.75, 3.05) is 17.9 Å². The van der Waals surface area contributed by atoms with Crippen LogP contribution in [0.5, 0.6) is 5.75 Å². The van der Waals surface area contributed by atoms with Crippen molar-refractivity contribution in [1.29, 1.82) is 0 Å². The van der Waals surface area contributed by atoms with Crippen molar-refractivity contribution in [2.24, 2.45) is 5.73 Å². The molecule has 0 aliphatic rings. The number of carboxylic acids is 1. The van der Waals surface area contributed by atoms with Gasteiger partial charge in [0.25, 0.3) is 10.0 Å². The van der Waals surface area contributed by atoms with Crippen LogP contribution in [0.1, 0.15) is 22.8 Å². The van der Waals surface area contributed by atoms with Crippen molar-refractivity contribution < 1.29 is 27.4 Å². The highest BCUT2D eigenvalue weighted by atomic mass is 79.9. The lowest BCUT2D eigenvalue weighted by molar-refractivity contribution is 0.0693. The van der Waals surface area contributed by atoms with E-state index < -0.39 is 21.8 Å². The van der Waals surface area contributed by atoms with E-state index in [2.05, 4.69) is 20.7 Å². The van der Waals surface area contributed by atoms with Gasteiger partial charge in [0.2, 0.25) is 0 Å². The molecule has 0 heterocycles. The molecule has 0 saturated heterocycles. The van der Waals surface area contributed by atoms with Crippen molar-refractivity contribution in [3.8, 4) is 5.75 Å². The number of aromatic carboxylic acids is 1. The van der Waals surface area contributed by atoms with Crippen molar-refractivity contribution in [2.45, 2.75) is 18.2 Å². The van der Waals surface area contributed by atoms with E-state index in [4.69, 9.17) is 10.5 Å². The summed E-state index contributed by atoms with van der Waals surface area (Å²) in [6.07, 6.45) is 0.483. The predicted molar refractivity (Wildman–Crippen MR) is 102 cm³/mol. The van der Waals surface area contributed by atoms with E-state index in [1.165, 1.54) is 6.07 Å². The van der Waals surface area contributed by atoms with Gasteiger partial charge in [0.05, 0.1) is 5.69 Å². The third-order valence-electron chi connectivity index (χ3n) is 3.63. The van der Waals surface area contributed by atoms with E-state index in [1.807, 2.05) is 6.92 Å². The molecule has 0 amide bonds. The highest BCUT2D eigenvalue weighted by Crippen LogP contribution is 2.33. The van der Waals surface area contributed by atoms with Gasteiger partial charge in [0, 0.05) is 11.0 Å². The highest BCUT2D eigenvalue weighted by Gasteiger charge is 2.25. The molecule has 0 unspecified atom stereocenters. The summed E-state index contributed by atoms with van der Waals surface area (Å²) in [5.41, 5.74) is 5.54. The summed E-state index contributed by atoms with van der Waals surface area (Å²) in [6.45, 7) is 2.06. The number of hydrogen-bond donors (Lipinski definition) is 3. The molecular formula is C17H18BrFN2O5S. The first-order valence-corrected chi connectivity index (χ1v) is 10.2. The Bertz CT molecular complexity index is 966. The largest absolute Gasteiger partial charge is 0.491 e. The number of carbonyl (C=O) groups is 1. The number of hydrogen-bond acceptors (Lipinski definition) is 5. The number of aryl methyl sites for hydroxylation is 1. The van der Waals surface area contributed by atoms with E-state index in [0.29, 0.717) is 12.0 Å². The Hall–Kier alpha value is -2.17. The Morgan fingerprint density at radius 1 is 1.33 bits per heavy atom. The predicted octanol–water partition coefficient (Wildman–Crippen LogP) is 2.99. The molecule has 0 aromatic heterocycles. The van der Waals surface area contributed by atoms with Gasteiger partial charge in [0.1, 0.15) is 28.6 Å². The monoisotopic (exact) mass is 460 g/mol. The molecule has 146 valence electrons. The Morgan fingerprint density at radius 2 is 2.04 bits per heavy atom. The van der Waals surface area contributed by atoms with Crippen LogP contribution in [0.3, 0.4) is 0 Å². The van der Waals surface area contributed by atoms with Gasteiger partial charge in [-0.05, 0) is 52.2 Å². The highest BCUT2D eigenvalue weighted by molar-refractivity contribution is 9.10. The number of ether oxygens (including phenoxy) is 1. The molecule has 0 aliphatic carbocycles. The van der Waals surface area contributed by atoms with Crippen LogP contribution in [0.25, 0.3) is 0 Å². The number of benzene rings is 2. The normalized spacial score (nSPS) is 11.3. The van der Waals surface area contributed by atoms with E-state index in [9.17, 15) is 22.7 Å². The summed E-state index contributed by atoms with van der Waals surface area (Å²) in [5, 5.41) is 9.62. The molecular weight excluding hydrogens is 443 g/mol. The standard InChI is InChI=1S/C17H18BrFN2O5S/c1-2-10-3-5-13(15(17(22)23)16(10)26-8-7-20)21-27(24,25)14-6-4-11(19)9-12(14)18/h3-6,9,21H,2,7-8,20H2,1H3,(H,22,23). The zero-order chi connectivity index (χ0) is 20.2. The Labute approximate surface area is 164 Å². The maximum Gasteiger partial charge on any atom is 0.341 e. The van der Waals surface area contributed by atoms with Crippen molar-refractivity contribution in [1.82, 2.24) is 0 Å². The third-order valence-corrected chi connectivity index (χ3v) is 5.97. The van der Waals surface area contributed by atoms with Gasteiger partial charge in [-0.25, -0.2) is 17.6 Å². The lowest BCUT2D eigenvalue weighted by atomic mass is 10.0. The Morgan fingerprint density at radius 3 is 2.59 bits per heavy atom. The zero-order valence-corrected chi connectivity index (χ0v) is 16.7. The fourth-order valence-corrected chi connectivity index (χ4v) is 4.54. The molecule has 0 bridgehead atoms. The fourth-order valence-electron chi connectivity index (χ4n) is 2.42. The molecule has 0 atom stereocenters. The zero-order valence-electron chi connectivity index (χ0n) is 14.3. The summed E-state index contributed by atoms with van der Waals surface area (Å²) < 4.78 is 46.3. The minimum absolute atomic E-state index is 0.0108. The molecule has 10 heteroatoms. The first kappa shape index (κ1) is 21.1. The van der Waals surface area contributed by atoms with Crippen molar-refractivity contribution in [3.63, 3.8) is 0 Å². The third kappa shape index (κ3) is 4.76. The van der Waals surface area contributed by atoms with Gasteiger partial charge >= 0.3 is 5.97 Å². The maximum atomic E-state index is 13.2. The number of rotatable bonds is 8. The molecule has 0 fully saturated rings. The van der Waals surface area contributed by atoms with E-state index in [0.717, 1.165) is 18.2 Å². The second kappa shape index (κ2) is 8.68. The SMILES string of the molecule is CCc1ccc(NS(=O)(=O)c2ccc(F)cc2Br)c(C(=O)O)c1OCCN. The minimum Gasteiger partial charge on any atom is -0.491 e. The van der Waals surface area contributed by atoms with Crippen molar-refractivity contribution in [3.05, 3.63) is 51.7 Å².